The molecular formula is C12H14N2O3S. The smallest absolute Gasteiger partial charge is 0.235 e. The molecule has 0 spiro atoms. The first kappa shape index (κ1) is 12.7. The first-order chi connectivity index (χ1) is 8.47. The summed E-state index contributed by atoms with van der Waals surface area (Å²) < 4.78 is 30.5. The van der Waals surface area contributed by atoms with Gasteiger partial charge in [0.05, 0.1) is 30.2 Å². The molecule has 1 fully saturated rings. The molecule has 96 valence electrons. The normalized spacial score (nSPS) is 21.6. The average molecular weight is 266 g/mol. The lowest BCUT2D eigenvalue weighted by molar-refractivity contribution is 0.415. The Kier molecular flexibility index (Phi) is 3.18. The maximum absolute atomic E-state index is 12.0. The highest BCUT2D eigenvalue weighted by Gasteiger charge is 2.35. The van der Waals surface area contributed by atoms with Crippen LogP contribution in [0, 0.1) is 17.2 Å². The van der Waals surface area contributed by atoms with E-state index in [1.807, 2.05) is 13.0 Å². The number of hydrogen-bond donors (Lipinski definition) is 0. The van der Waals surface area contributed by atoms with E-state index in [0.717, 1.165) is 0 Å². The number of rotatable bonds is 2. The first-order valence-corrected chi connectivity index (χ1v) is 7.17. The third-order valence-corrected chi connectivity index (χ3v) is 4.89. The van der Waals surface area contributed by atoms with E-state index in [0.29, 0.717) is 23.5 Å². The van der Waals surface area contributed by atoms with Gasteiger partial charge in [0.25, 0.3) is 0 Å². The van der Waals surface area contributed by atoms with E-state index in [1.54, 1.807) is 18.2 Å². The zero-order valence-corrected chi connectivity index (χ0v) is 11.1. The van der Waals surface area contributed by atoms with Crippen molar-refractivity contribution < 1.29 is 13.2 Å². The predicted molar refractivity (Wildman–Crippen MR) is 68.0 cm³/mol. The number of ether oxygens (including phenoxy) is 1. The van der Waals surface area contributed by atoms with Crippen LogP contribution in [0.15, 0.2) is 18.2 Å². The van der Waals surface area contributed by atoms with Gasteiger partial charge in [0.1, 0.15) is 5.75 Å². The Labute approximate surface area is 107 Å². The Morgan fingerprint density at radius 1 is 1.50 bits per heavy atom. The number of nitrogens with zero attached hydrogens (tertiary/aromatic N) is 2. The summed E-state index contributed by atoms with van der Waals surface area (Å²) in [6.07, 6.45) is 0. The number of methoxy groups -OCH3 is 1. The molecule has 5 nitrogen and oxygen atoms in total. The van der Waals surface area contributed by atoms with E-state index in [2.05, 4.69) is 0 Å². The zero-order valence-electron chi connectivity index (χ0n) is 10.3. The number of hydrogen-bond acceptors (Lipinski definition) is 4. The van der Waals surface area contributed by atoms with E-state index in [9.17, 15) is 8.42 Å². The monoisotopic (exact) mass is 266 g/mol. The summed E-state index contributed by atoms with van der Waals surface area (Å²) in [4.78, 5) is 0. The fourth-order valence-electron chi connectivity index (χ4n) is 2.10. The van der Waals surface area contributed by atoms with Crippen LogP contribution < -0.4 is 9.04 Å². The van der Waals surface area contributed by atoms with Crippen molar-refractivity contribution in [1.82, 2.24) is 0 Å². The van der Waals surface area contributed by atoms with Crippen molar-refractivity contribution in [3.63, 3.8) is 0 Å². The highest BCUT2D eigenvalue weighted by atomic mass is 32.2. The van der Waals surface area contributed by atoms with Crippen LogP contribution in [0.3, 0.4) is 0 Å². The minimum absolute atomic E-state index is 0.0929. The van der Waals surface area contributed by atoms with Crippen molar-refractivity contribution in [3.8, 4) is 11.8 Å². The standard InChI is InChI=1S/C12H14N2O3S/c1-9-7-14(18(15,16)8-9)11-4-3-10(6-13)5-12(11)17-2/h3-5,9H,7-8H2,1-2H3. The van der Waals surface area contributed by atoms with Crippen molar-refractivity contribution in [3.05, 3.63) is 23.8 Å². The molecule has 0 saturated carbocycles. The van der Waals surface area contributed by atoms with Crippen LogP contribution in [0.1, 0.15) is 12.5 Å². The van der Waals surface area contributed by atoms with E-state index >= 15 is 0 Å². The topological polar surface area (TPSA) is 70.4 Å². The van der Waals surface area contributed by atoms with Crippen LogP contribution in [0.2, 0.25) is 0 Å². The van der Waals surface area contributed by atoms with Crippen LogP contribution in [0.25, 0.3) is 0 Å². The van der Waals surface area contributed by atoms with Gasteiger partial charge in [-0.05, 0) is 18.1 Å². The van der Waals surface area contributed by atoms with E-state index in [4.69, 9.17) is 10.00 Å². The fourth-order valence-corrected chi connectivity index (χ4v) is 4.04. The molecule has 1 aromatic carbocycles. The van der Waals surface area contributed by atoms with Gasteiger partial charge in [0, 0.05) is 12.6 Å². The Bertz CT molecular complexity index is 604. The maximum atomic E-state index is 12.0. The molecule has 1 aromatic rings. The molecule has 2 rings (SSSR count). The summed E-state index contributed by atoms with van der Waals surface area (Å²) in [7, 11) is -1.81. The van der Waals surface area contributed by atoms with Crippen molar-refractivity contribution >= 4 is 15.7 Å². The molecule has 0 amide bonds. The maximum Gasteiger partial charge on any atom is 0.235 e. The minimum Gasteiger partial charge on any atom is -0.495 e. The van der Waals surface area contributed by atoms with Crippen LogP contribution in [0.4, 0.5) is 5.69 Å². The molecule has 1 atom stereocenters. The summed E-state index contributed by atoms with van der Waals surface area (Å²) >= 11 is 0. The van der Waals surface area contributed by atoms with Crippen LogP contribution in [-0.2, 0) is 10.0 Å². The lowest BCUT2D eigenvalue weighted by Crippen LogP contribution is -2.25. The summed E-state index contributed by atoms with van der Waals surface area (Å²) in [5, 5.41) is 8.82. The number of benzene rings is 1. The SMILES string of the molecule is COc1cc(C#N)ccc1N1CC(C)CS1(=O)=O. The second-order valence-electron chi connectivity index (χ2n) is 4.41. The molecule has 1 unspecified atom stereocenters. The lowest BCUT2D eigenvalue weighted by atomic mass is 10.2. The number of anilines is 1. The van der Waals surface area contributed by atoms with E-state index in [1.165, 1.54) is 11.4 Å². The van der Waals surface area contributed by atoms with Gasteiger partial charge in [-0.2, -0.15) is 5.26 Å². The Hall–Kier alpha value is -1.74. The quantitative estimate of drug-likeness (QED) is 0.810. The molecule has 0 aliphatic carbocycles. The third kappa shape index (κ3) is 2.14. The first-order valence-electron chi connectivity index (χ1n) is 5.56. The summed E-state index contributed by atoms with van der Waals surface area (Å²) in [5.41, 5.74) is 0.945. The van der Waals surface area contributed by atoms with Gasteiger partial charge in [0.2, 0.25) is 10.0 Å². The largest absolute Gasteiger partial charge is 0.495 e. The van der Waals surface area contributed by atoms with Crippen LogP contribution >= 0.6 is 0 Å². The molecule has 1 saturated heterocycles. The predicted octanol–water partition coefficient (Wildman–Crippen LogP) is 1.35. The zero-order chi connectivity index (χ0) is 13.3. The van der Waals surface area contributed by atoms with Gasteiger partial charge < -0.3 is 4.74 Å². The molecule has 1 aliphatic heterocycles. The van der Waals surface area contributed by atoms with Gasteiger partial charge in [0.15, 0.2) is 0 Å². The molecule has 0 N–H and O–H groups in total. The van der Waals surface area contributed by atoms with Crippen molar-refractivity contribution in [2.24, 2.45) is 5.92 Å². The summed E-state index contributed by atoms with van der Waals surface area (Å²) in [6, 6.07) is 6.76. The fraction of sp³-hybridized carbons (Fsp3) is 0.417. The van der Waals surface area contributed by atoms with Crippen molar-refractivity contribution in [2.45, 2.75) is 6.92 Å². The second kappa shape index (κ2) is 4.50. The molecule has 0 radical (unpaired) electrons. The highest BCUT2D eigenvalue weighted by Crippen LogP contribution is 2.34. The van der Waals surface area contributed by atoms with Gasteiger partial charge in [-0.3, -0.25) is 4.31 Å². The van der Waals surface area contributed by atoms with E-state index < -0.39 is 10.0 Å². The lowest BCUT2D eigenvalue weighted by Gasteiger charge is -2.19. The number of nitriles is 1. The van der Waals surface area contributed by atoms with Crippen molar-refractivity contribution in [2.75, 3.05) is 23.7 Å². The van der Waals surface area contributed by atoms with E-state index in [-0.39, 0.29) is 11.7 Å². The Morgan fingerprint density at radius 2 is 2.22 bits per heavy atom. The molecule has 0 aromatic heterocycles. The van der Waals surface area contributed by atoms with Gasteiger partial charge in [-0.25, -0.2) is 8.42 Å². The van der Waals surface area contributed by atoms with Gasteiger partial charge in [-0.1, -0.05) is 6.92 Å². The molecule has 6 heteroatoms. The van der Waals surface area contributed by atoms with Crippen LogP contribution in [-0.4, -0.2) is 27.8 Å². The average Bonchev–Trinajstić information content (AvgIpc) is 2.61. The Morgan fingerprint density at radius 3 is 2.72 bits per heavy atom. The summed E-state index contributed by atoms with van der Waals surface area (Å²) in [6.45, 7) is 2.35. The van der Waals surface area contributed by atoms with Crippen LogP contribution in [0.5, 0.6) is 5.75 Å². The summed E-state index contributed by atoms with van der Waals surface area (Å²) in [5.74, 6) is 0.651. The molecular weight excluding hydrogens is 252 g/mol. The molecule has 18 heavy (non-hydrogen) atoms. The number of sulfonamides is 1. The minimum atomic E-state index is -3.27. The van der Waals surface area contributed by atoms with Gasteiger partial charge >= 0.3 is 0 Å². The third-order valence-electron chi connectivity index (χ3n) is 2.89. The highest BCUT2D eigenvalue weighted by molar-refractivity contribution is 7.93. The van der Waals surface area contributed by atoms with Crippen molar-refractivity contribution in [1.29, 1.82) is 5.26 Å². The second-order valence-corrected chi connectivity index (χ2v) is 6.35. The van der Waals surface area contributed by atoms with Gasteiger partial charge in [-0.15, -0.1) is 0 Å². The Balaban J connectivity index is 2.49. The molecule has 0 bridgehead atoms. The molecule has 1 heterocycles. The molecule has 1 aliphatic rings.